The number of allylic oxidation sites excluding steroid dienone is 1. The molecule has 0 fully saturated rings. The van der Waals surface area contributed by atoms with Crippen LogP contribution in [-0.2, 0) is 23.8 Å². The van der Waals surface area contributed by atoms with Gasteiger partial charge in [0.15, 0.2) is 0 Å². The van der Waals surface area contributed by atoms with Crippen LogP contribution in [0, 0.1) is 6.92 Å². The molecule has 6 heteroatoms. The Morgan fingerprint density at radius 3 is 2.12 bits per heavy atom. The molecule has 0 atom stereocenters. The number of benzene rings is 1. The van der Waals surface area contributed by atoms with Crippen molar-refractivity contribution in [1.29, 1.82) is 0 Å². The fourth-order valence-corrected chi connectivity index (χ4v) is 3.51. The second-order valence-corrected chi connectivity index (χ2v) is 7.85. The Kier molecular flexibility index (Phi) is 9.41. The lowest BCUT2D eigenvalue weighted by atomic mass is 10.0. The number of unbranched alkanes of at least 4 members (excludes halogenated alkanes) is 3. The number of carbonyl (C=O) groups excluding carboxylic acids is 1. The molecule has 1 aromatic rings. The summed E-state index contributed by atoms with van der Waals surface area (Å²) in [6, 6.07) is 6.46. The molecule has 0 aliphatic heterocycles. The lowest BCUT2D eigenvalue weighted by molar-refractivity contribution is -0.136. The van der Waals surface area contributed by atoms with Crippen molar-refractivity contribution in [2.75, 3.05) is 7.11 Å². The third-order valence-corrected chi connectivity index (χ3v) is 5.35. The van der Waals surface area contributed by atoms with Crippen molar-refractivity contribution in [2.24, 2.45) is 0 Å². The molecule has 0 N–H and O–H groups in total. The molecule has 1 aromatic carbocycles. The fraction of sp³-hybridized carbons (Fsp3) is 0.550. The van der Waals surface area contributed by atoms with E-state index in [1.165, 1.54) is 19.2 Å². The summed E-state index contributed by atoms with van der Waals surface area (Å²) in [4.78, 5) is 12.3. The van der Waals surface area contributed by atoms with Gasteiger partial charge in [-0.3, -0.25) is 0 Å². The van der Waals surface area contributed by atoms with Gasteiger partial charge >= 0.3 is 16.1 Å². The maximum absolute atomic E-state index is 12.7. The Balaban J connectivity index is 3.23. The summed E-state index contributed by atoms with van der Waals surface area (Å²) in [5, 5.41) is 0. The van der Waals surface area contributed by atoms with E-state index in [9.17, 15) is 13.2 Å². The molecule has 0 amide bonds. The van der Waals surface area contributed by atoms with Crippen LogP contribution in [-0.4, -0.2) is 21.5 Å². The Hall–Kier alpha value is -1.82. The standard InChI is InChI=1S/C20H30O5S/c1-5-7-9-11-19(18(10-8-6-2)20(21)24-4)25-26(22,23)17-14-12-16(3)13-15-17/h12-15H,5-11H2,1-4H3/b19-18+. The fourth-order valence-electron chi connectivity index (χ4n) is 2.50. The molecule has 0 aliphatic rings. The number of hydrogen-bond acceptors (Lipinski definition) is 5. The smallest absolute Gasteiger partial charge is 0.338 e. The molecule has 0 unspecified atom stereocenters. The van der Waals surface area contributed by atoms with Gasteiger partial charge in [-0.25, -0.2) is 4.79 Å². The van der Waals surface area contributed by atoms with Crippen LogP contribution in [0.25, 0.3) is 0 Å². The van der Waals surface area contributed by atoms with Gasteiger partial charge in [0.1, 0.15) is 10.7 Å². The molecule has 0 saturated heterocycles. The van der Waals surface area contributed by atoms with Crippen molar-refractivity contribution >= 4 is 16.1 Å². The van der Waals surface area contributed by atoms with Gasteiger partial charge in [-0.15, -0.1) is 0 Å². The van der Waals surface area contributed by atoms with E-state index in [-0.39, 0.29) is 10.7 Å². The molecule has 0 spiro atoms. The lowest BCUT2D eigenvalue weighted by Crippen LogP contribution is -2.14. The van der Waals surface area contributed by atoms with E-state index >= 15 is 0 Å². The number of ether oxygens (including phenoxy) is 1. The van der Waals surface area contributed by atoms with Crippen LogP contribution in [0.2, 0.25) is 0 Å². The summed E-state index contributed by atoms with van der Waals surface area (Å²) >= 11 is 0. The molecule has 0 radical (unpaired) electrons. The highest BCUT2D eigenvalue weighted by molar-refractivity contribution is 7.86. The van der Waals surface area contributed by atoms with Crippen LogP contribution in [0.15, 0.2) is 40.5 Å². The first-order valence-corrected chi connectivity index (χ1v) is 10.6. The van der Waals surface area contributed by atoms with E-state index in [1.807, 2.05) is 13.8 Å². The van der Waals surface area contributed by atoms with E-state index < -0.39 is 16.1 Å². The van der Waals surface area contributed by atoms with Crippen LogP contribution in [0.4, 0.5) is 0 Å². The monoisotopic (exact) mass is 382 g/mol. The van der Waals surface area contributed by atoms with Crippen molar-refractivity contribution < 1.29 is 22.1 Å². The van der Waals surface area contributed by atoms with Gasteiger partial charge < -0.3 is 8.92 Å². The maximum atomic E-state index is 12.7. The minimum Gasteiger partial charge on any atom is -0.466 e. The quantitative estimate of drug-likeness (QED) is 0.179. The van der Waals surface area contributed by atoms with Gasteiger partial charge in [0.2, 0.25) is 0 Å². The summed E-state index contributed by atoms with van der Waals surface area (Å²) in [6.07, 6.45) is 5.15. The average Bonchev–Trinajstić information content (AvgIpc) is 2.61. The number of esters is 1. The molecule has 0 aromatic heterocycles. The van der Waals surface area contributed by atoms with Gasteiger partial charge in [0.05, 0.1) is 12.7 Å². The van der Waals surface area contributed by atoms with Gasteiger partial charge in [-0.05, 0) is 38.3 Å². The lowest BCUT2D eigenvalue weighted by Gasteiger charge is -2.15. The molecule has 0 bridgehead atoms. The molecule has 0 heterocycles. The predicted octanol–water partition coefficient (Wildman–Crippen LogP) is 4.90. The number of aryl methyl sites for hydroxylation is 1. The zero-order chi connectivity index (χ0) is 19.6. The summed E-state index contributed by atoms with van der Waals surface area (Å²) in [6.45, 7) is 5.95. The average molecular weight is 383 g/mol. The summed E-state index contributed by atoms with van der Waals surface area (Å²) in [5.74, 6) is -0.316. The summed E-state index contributed by atoms with van der Waals surface area (Å²) in [7, 11) is -2.69. The van der Waals surface area contributed by atoms with Crippen molar-refractivity contribution in [2.45, 2.75) is 70.6 Å². The normalized spacial score (nSPS) is 12.5. The third kappa shape index (κ3) is 6.83. The molecular weight excluding hydrogens is 352 g/mol. The first-order chi connectivity index (χ1) is 12.4. The Morgan fingerprint density at radius 1 is 0.962 bits per heavy atom. The second kappa shape index (κ2) is 11.0. The zero-order valence-electron chi connectivity index (χ0n) is 16.2. The van der Waals surface area contributed by atoms with E-state index in [1.54, 1.807) is 12.1 Å². The summed E-state index contributed by atoms with van der Waals surface area (Å²) in [5.41, 5.74) is 1.28. The number of methoxy groups -OCH3 is 1. The van der Waals surface area contributed by atoms with Crippen LogP contribution in [0.3, 0.4) is 0 Å². The van der Waals surface area contributed by atoms with E-state index in [0.717, 1.165) is 37.7 Å². The van der Waals surface area contributed by atoms with Crippen LogP contribution >= 0.6 is 0 Å². The van der Waals surface area contributed by atoms with E-state index in [4.69, 9.17) is 8.92 Å². The zero-order valence-corrected chi connectivity index (χ0v) is 17.0. The molecule has 5 nitrogen and oxygen atoms in total. The third-order valence-electron chi connectivity index (χ3n) is 4.08. The number of carbonyl (C=O) groups is 1. The maximum Gasteiger partial charge on any atom is 0.338 e. The molecule has 146 valence electrons. The van der Waals surface area contributed by atoms with Gasteiger partial charge in [0.25, 0.3) is 0 Å². The largest absolute Gasteiger partial charge is 0.466 e. The molecule has 1 rings (SSSR count). The Bertz CT molecular complexity index is 702. The number of rotatable bonds is 11. The summed E-state index contributed by atoms with van der Waals surface area (Å²) < 4.78 is 35.6. The highest BCUT2D eigenvalue weighted by Crippen LogP contribution is 2.25. The van der Waals surface area contributed by atoms with Crippen LogP contribution in [0.5, 0.6) is 0 Å². The van der Waals surface area contributed by atoms with Gasteiger partial charge in [-0.2, -0.15) is 8.42 Å². The van der Waals surface area contributed by atoms with Gasteiger partial charge in [-0.1, -0.05) is 50.8 Å². The SMILES string of the molecule is CCCCC/C(OS(=O)(=O)c1ccc(C)cc1)=C(/CCCC)C(=O)OC. The first kappa shape index (κ1) is 22.2. The minimum absolute atomic E-state index is 0.0794. The molecule has 0 saturated carbocycles. The Labute approximate surface area is 157 Å². The van der Waals surface area contributed by atoms with Crippen LogP contribution in [0.1, 0.15) is 64.4 Å². The van der Waals surface area contributed by atoms with Crippen LogP contribution < -0.4 is 0 Å². The van der Waals surface area contributed by atoms with Crippen molar-refractivity contribution in [3.63, 3.8) is 0 Å². The highest BCUT2D eigenvalue weighted by Gasteiger charge is 2.23. The Morgan fingerprint density at radius 2 is 1.58 bits per heavy atom. The second-order valence-electron chi connectivity index (χ2n) is 6.30. The highest BCUT2D eigenvalue weighted by atomic mass is 32.2. The van der Waals surface area contributed by atoms with Crippen molar-refractivity contribution in [3.8, 4) is 0 Å². The number of hydrogen-bond donors (Lipinski definition) is 0. The van der Waals surface area contributed by atoms with Gasteiger partial charge in [0, 0.05) is 6.42 Å². The van der Waals surface area contributed by atoms with E-state index in [0.29, 0.717) is 18.4 Å². The minimum atomic E-state index is -3.99. The molecule has 0 aliphatic carbocycles. The molecular formula is C20H30O5S. The van der Waals surface area contributed by atoms with Crippen molar-refractivity contribution in [1.82, 2.24) is 0 Å². The van der Waals surface area contributed by atoms with E-state index in [2.05, 4.69) is 6.92 Å². The molecule has 26 heavy (non-hydrogen) atoms. The topological polar surface area (TPSA) is 69.7 Å². The van der Waals surface area contributed by atoms with Crippen molar-refractivity contribution in [3.05, 3.63) is 41.2 Å². The first-order valence-electron chi connectivity index (χ1n) is 9.17. The predicted molar refractivity (Wildman–Crippen MR) is 102 cm³/mol.